The summed E-state index contributed by atoms with van der Waals surface area (Å²) in [6.45, 7) is 0. The average Bonchev–Trinajstić information content (AvgIpc) is 2.27. The van der Waals surface area contributed by atoms with Crippen LogP contribution in [0.25, 0.3) is 11.3 Å². The van der Waals surface area contributed by atoms with Crippen molar-refractivity contribution in [1.29, 1.82) is 0 Å². The predicted molar refractivity (Wildman–Crippen MR) is 59.2 cm³/mol. The molecule has 0 saturated carbocycles. The summed E-state index contributed by atoms with van der Waals surface area (Å²) in [7, 11) is 0. The molecule has 2 rings (SSSR count). The quantitative estimate of drug-likeness (QED) is 0.837. The number of alkyl halides is 3. The largest absolute Gasteiger partial charge is 0.573 e. The molecule has 3 nitrogen and oxygen atoms in total. The number of halogens is 4. The Morgan fingerprint density at radius 2 is 1.83 bits per heavy atom. The summed E-state index contributed by atoms with van der Waals surface area (Å²) in [5.41, 5.74) is 0.696. The summed E-state index contributed by atoms with van der Waals surface area (Å²) in [6.07, 6.45) is -1.94. The van der Waals surface area contributed by atoms with Gasteiger partial charge >= 0.3 is 6.36 Å². The third kappa shape index (κ3) is 3.10. The van der Waals surface area contributed by atoms with Crippen molar-refractivity contribution < 1.29 is 17.9 Å². The van der Waals surface area contributed by atoms with Crippen LogP contribution >= 0.6 is 11.6 Å². The molecular weight excluding hydrogens is 269 g/mol. The smallest absolute Gasteiger partial charge is 0.406 e. The second-order valence-electron chi connectivity index (χ2n) is 3.27. The van der Waals surface area contributed by atoms with Gasteiger partial charge in [0.2, 0.25) is 0 Å². The van der Waals surface area contributed by atoms with Crippen molar-refractivity contribution >= 4 is 11.6 Å². The monoisotopic (exact) mass is 274 g/mol. The molecule has 1 aromatic carbocycles. The number of hydrogen-bond acceptors (Lipinski definition) is 3. The Balaban J connectivity index is 2.36. The van der Waals surface area contributed by atoms with Gasteiger partial charge in [0.25, 0.3) is 0 Å². The first-order valence-corrected chi connectivity index (χ1v) is 5.16. The third-order valence-corrected chi connectivity index (χ3v) is 2.27. The Morgan fingerprint density at radius 3 is 2.50 bits per heavy atom. The van der Waals surface area contributed by atoms with Crippen LogP contribution in [0.2, 0.25) is 5.15 Å². The molecule has 0 bridgehead atoms. The maximum atomic E-state index is 12.1. The summed E-state index contributed by atoms with van der Waals surface area (Å²) in [4.78, 5) is 7.75. The van der Waals surface area contributed by atoms with Gasteiger partial charge in [-0.3, -0.25) is 4.98 Å². The van der Waals surface area contributed by atoms with Crippen molar-refractivity contribution in [3.05, 3.63) is 41.8 Å². The lowest BCUT2D eigenvalue weighted by Gasteiger charge is -2.10. The summed E-state index contributed by atoms with van der Waals surface area (Å²) >= 11 is 5.81. The molecule has 2 aromatic rings. The van der Waals surface area contributed by atoms with E-state index in [2.05, 4.69) is 14.7 Å². The number of ether oxygens (including phenoxy) is 1. The van der Waals surface area contributed by atoms with Gasteiger partial charge in [0.05, 0.1) is 0 Å². The Hall–Kier alpha value is -1.82. The van der Waals surface area contributed by atoms with E-state index in [1.807, 2.05) is 0 Å². The minimum atomic E-state index is -4.73. The molecule has 0 atom stereocenters. The maximum absolute atomic E-state index is 12.1. The number of hydrogen-bond donors (Lipinski definition) is 0. The van der Waals surface area contributed by atoms with Crippen LogP contribution in [0.5, 0.6) is 5.75 Å². The van der Waals surface area contributed by atoms with Gasteiger partial charge in [-0.2, -0.15) is 0 Å². The molecule has 0 fully saturated rings. The molecule has 0 aliphatic carbocycles. The average molecular weight is 275 g/mol. The fourth-order valence-corrected chi connectivity index (χ4v) is 1.57. The summed E-state index contributed by atoms with van der Waals surface area (Å²) in [5.74, 6) is -0.332. The molecule has 94 valence electrons. The summed E-state index contributed by atoms with van der Waals surface area (Å²) in [5, 5.41) is 0.113. The zero-order valence-corrected chi connectivity index (χ0v) is 9.53. The molecule has 0 aliphatic heterocycles. The van der Waals surface area contributed by atoms with Crippen molar-refractivity contribution in [1.82, 2.24) is 9.97 Å². The normalized spacial score (nSPS) is 11.3. The highest BCUT2D eigenvalue weighted by Crippen LogP contribution is 2.29. The fourth-order valence-electron chi connectivity index (χ4n) is 1.36. The zero-order valence-electron chi connectivity index (χ0n) is 8.78. The Kier molecular flexibility index (Phi) is 3.38. The minimum absolute atomic E-state index is 0.113. The van der Waals surface area contributed by atoms with Gasteiger partial charge in [0.1, 0.15) is 11.4 Å². The van der Waals surface area contributed by atoms with Gasteiger partial charge in [0, 0.05) is 18.0 Å². The van der Waals surface area contributed by atoms with Crippen LogP contribution in [-0.4, -0.2) is 16.3 Å². The lowest BCUT2D eigenvalue weighted by molar-refractivity contribution is -0.274. The van der Waals surface area contributed by atoms with E-state index in [0.29, 0.717) is 11.3 Å². The van der Waals surface area contributed by atoms with E-state index >= 15 is 0 Å². The lowest BCUT2D eigenvalue weighted by atomic mass is 10.1. The van der Waals surface area contributed by atoms with Crippen molar-refractivity contribution in [2.24, 2.45) is 0 Å². The van der Waals surface area contributed by atoms with Crippen LogP contribution in [0.3, 0.4) is 0 Å². The Morgan fingerprint density at radius 1 is 1.11 bits per heavy atom. The zero-order chi connectivity index (χ0) is 13.2. The molecule has 0 amide bonds. The molecule has 0 N–H and O–H groups in total. The Bertz CT molecular complexity index is 560. The summed E-state index contributed by atoms with van der Waals surface area (Å²) < 4.78 is 40.0. The number of nitrogens with zero attached hydrogens (tertiary/aromatic N) is 2. The first-order valence-electron chi connectivity index (χ1n) is 4.78. The van der Waals surface area contributed by atoms with Gasteiger partial charge in [-0.25, -0.2) is 4.98 Å². The van der Waals surface area contributed by atoms with Crippen molar-refractivity contribution in [2.45, 2.75) is 6.36 Å². The number of rotatable bonds is 2. The standard InChI is InChI=1S/C11H6ClF3N2O/c12-10-9(16-4-5-17-10)7-2-1-3-8(6-7)18-11(13,14)15/h1-6H. The topological polar surface area (TPSA) is 35.0 Å². The highest BCUT2D eigenvalue weighted by Gasteiger charge is 2.31. The van der Waals surface area contributed by atoms with E-state index in [4.69, 9.17) is 11.6 Å². The second kappa shape index (κ2) is 4.81. The molecule has 0 spiro atoms. The van der Waals surface area contributed by atoms with Crippen LogP contribution in [-0.2, 0) is 0 Å². The van der Waals surface area contributed by atoms with Crippen LogP contribution in [0.1, 0.15) is 0 Å². The highest BCUT2D eigenvalue weighted by molar-refractivity contribution is 6.31. The molecule has 1 aromatic heterocycles. The third-order valence-electron chi connectivity index (χ3n) is 1.99. The van der Waals surface area contributed by atoms with Crippen LogP contribution in [0.4, 0.5) is 13.2 Å². The molecule has 18 heavy (non-hydrogen) atoms. The maximum Gasteiger partial charge on any atom is 0.573 e. The van der Waals surface area contributed by atoms with Crippen LogP contribution in [0.15, 0.2) is 36.7 Å². The van der Waals surface area contributed by atoms with Gasteiger partial charge < -0.3 is 4.74 Å². The molecular formula is C11H6ClF3N2O. The number of aromatic nitrogens is 2. The van der Waals surface area contributed by atoms with E-state index < -0.39 is 6.36 Å². The van der Waals surface area contributed by atoms with Crippen LogP contribution in [0, 0.1) is 0 Å². The number of benzene rings is 1. The van der Waals surface area contributed by atoms with E-state index in [1.54, 1.807) is 6.07 Å². The van der Waals surface area contributed by atoms with E-state index in [-0.39, 0.29) is 10.9 Å². The molecule has 0 aliphatic rings. The highest BCUT2D eigenvalue weighted by atomic mass is 35.5. The fraction of sp³-hybridized carbons (Fsp3) is 0.0909. The van der Waals surface area contributed by atoms with Crippen molar-refractivity contribution in [3.8, 4) is 17.0 Å². The lowest BCUT2D eigenvalue weighted by Crippen LogP contribution is -2.17. The first kappa shape index (κ1) is 12.6. The molecule has 0 radical (unpaired) electrons. The van der Waals surface area contributed by atoms with Crippen molar-refractivity contribution in [2.75, 3.05) is 0 Å². The molecule has 0 unspecified atom stereocenters. The molecule has 1 heterocycles. The van der Waals surface area contributed by atoms with Gasteiger partial charge in [-0.05, 0) is 12.1 Å². The van der Waals surface area contributed by atoms with Gasteiger partial charge in [0.15, 0.2) is 5.15 Å². The van der Waals surface area contributed by atoms with Crippen LogP contribution < -0.4 is 4.74 Å². The first-order chi connectivity index (χ1) is 8.46. The van der Waals surface area contributed by atoms with E-state index in [9.17, 15) is 13.2 Å². The van der Waals surface area contributed by atoms with Gasteiger partial charge in [-0.15, -0.1) is 13.2 Å². The SMILES string of the molecule is FC(F)(F)Oc1cccc(-c2nccnc2Cl)c1. The summed E-state index contributed by atoms with van der Waals surface area (Å²) in [6, 6.07) is 5.38. The minimum Gasteiger partial charge on any atom is -0.406 e. The predicted octanol–water partition coefficient (Wildman–Crippen LogP) is 3.70. The molecule has 7 heteroatoms. The van der Waals surface area contributed by atoms with E-state index in [1.165, 1.54) is 30.6 Å². The second-order valence-corrected chi connectivity index (χ2v) is 3.63. The molecule has 0 saturated heterocycles. The van der Waals surface area contributed by atoms with Gasteiger partial charge in [-0.1, -0.05) is 23.7 Å². The Labute approximate surface area is 105 Å². The van der Waals surface area contributed by atoms with Crippen molar-refractivity contribution in [3.63, 3.8) is 0 Å². The van der Waals surface area contributed by atoms with E-state index in [0.717, 1.165) is 0 Å².